The summed E-state index contributed by atoms with van der Waals surface area (Å²) in [6, 6.07) is 11.5. The molecule has 0 spiro atoms. The number of furan rings is 1. The molecule has 0 saturated carbocycles. The van der Waals surface area contributed by atoms with E-state index in [0.717, 1.165) is 11.8 Å². The summed E-state index contributed by atoms with van der Waals surface area (Å²) in [5, 5.41) is 13.3. The quantitative estimate of drug-likeness (QED) is 0.477. The summed E-state index contributed by atoms with van der Waals surface area (Å²) in [6.07, 6.45) is 1.57. The number of urea groups is 1. The molecule has 0 aliphatic rings. The zero-order valence-electron chi connectivity index (χ0n) is 15.2. The molecule has 0 atom stereocenters. The van der Waals surface area contributed by atoms with E-state index in [1.807, 2.05) is 6.07 Å². The van der Waals surface area contributed by atoms with Crippen LogP contribution in [0.15, 0.2) is 58.3 Å². The van der Waals surface area contributed by atoms with E-state index >= 15 is 0 Å². The lowest BCUT2D eigenvalue weighted by Crippen LogP contribution is -2.35. The highest BCUT2D eigenvalue weighted by Crippen LogP contribution is 2.24. The van der Waals surface area contributed by atoms with Gasteiger partial charge in [-0.05, 0) is 24.3 Å². The minimum Gasteiger partial charge on any atom is -0.461 e. The molecule has 4 amide bonds. The van der Waals surface area contributed by atoms with Crippen LogP contribution in [0.25, 0.3) is 11.6 Å². The van der Waals surface area contributed by atoms with Gasteiger partial charge in [-0.1, -0.05) is 30.0 Å². The van der Waals surface area contributed by atoms with Gasteiger partial charge in [-0.3, -0.25) is 19.5 Å². The van der Waals surface area contributed by atoms with Gasteiger partial charge in [-0.15, -0.1) is 10.2 Å². The van der Waals surface area contributed by atoms with Crippen LogP contribution in [-0.2, 0) is 16.1 Å². The molecule has 0 bridgehead atoms. The molecule has 11 heteroatoms. The first-order chi connectivity index (χ1) is 14.0. The fourth-order valence-electron chi connectivity index (χ4n) is 2.38. The number of benzene rings is 1. The average molecular weight is 414 g/mol. The molecule has 2 aromatic heterocycles. The maximum atomic E-state index is 12.1. The Hall–Kier alpha value is -3.60. The average Bonchev–Trinajstić information content (AvgIpc) is 3.34. The molecule has 4 N–H and O–H groups in total. The smallest absolute Gasteiger partial charge is 0.325 e. The van der Waals surface area contributed by atoms with Crippen molar-refractivity contribution >= 4 is 35.3 Å². The number of hydrogen-bond acceptors (Lipinski definition) is 7. The number of anilines is 1. The highest BCUT2D eigenvalue weighted by atomic mass is 32.2. The number of nitrogens with two attached hydrogens (primary N) is 1. The molecule has 1 aromatic carbocycles. The Morgan fingerprint density at radius 1 is 1.10 bits per heavy atom. The molecule has 29 heavy (non-hydrogen) atoms. The number of hydrogen-bond donors (Lipinski definition) is 3. The van der Waals surface area contributed by atoms with Crippen molar-refractivity contribution in [2.24, 2.45) is 5.73 Å². The van der Waals surface area contributed by atoms with E-state index in [4.69, 9.17) is 10.2 Å². The number of para-hydroxylation sites is 1. The number of carbonyl (C=O) groups excluding carboxylic acids is 3. The van der Waals surface area contributed by atoms with Crippen LogP contribution in [0.4, 0.5) is 10.5 Å². The molecule has 150 valence electrons. The van der Waals surface area contributed by atoms with Crippen molar-refractivity contribution in [1.29, 1.82) is 0 Å². The second-order valence-electron chi connectivity index (χ2n) is 5.81. The first kappa shape index (κ1) is 20.1. The zero-order chi connectivity index (χ0) is 20.6. The van der Waals surface area contributed by atoms with Gasteiger partial charge in [0, 0.05) is 18.7 Å². The second-order valence-corrected chi connectivity index (χ2v) is 6.75. The molecular formula is C18H18N6O4S. The van der Waals surface area contributed by atoms with Crippen LogP contribution in [0.1, 0.15) is 6.42 Å². The third-order valence-corrected chi connectivity index (χ3v) is 4.62. The molecule has 0 aliphatic heterocycles. The summed E-state index contributed by atoms with van der Waals surface area (Å²) >= 11 is 1.08. The summed E-state index contributed by atoms with van der Waals surface area (Å²) in [7, 11) is 0. The maximum absolute atomic E-state index is 12.1. The minimum atomic E-state index is -0.631. The van der Waals surface area contributed by atoms with Crippen LogP contribution in [0, 0.1) is 0 Å². The lowest BCUT2D eigenvalue weighted by atomic mass is 10.3. The van der Waals surface area contributed by atoms with Crippen molar-refractivity contribution in [2.45, 2.75) is 18.1 Å². The van der Waals surface area contributed by atoms with Gasteiger partial charge in [0.2, 0.25) is 11.8 Å². The number of rotatable bonds is 8. The van der Waals surface area contributed by atoms with Crippen molar-refractivity contribution < 1.29 is 18.8 Å². The standard InChI is InChI=1S/C18H18N6O4S/c19-14(25)8-9-24-16(13-7-4-10-28-13)22-23-18(24)29-11-15(26)21-17(27)20-12-5-2-1-3-6-12/h1-7,10H,8-9,11H2,(H2,19,25)(H2,20,21,26,27). The number of imide groups is 1. The fourth-order valence-corrected chi connectivity index (χ4v) is 3.15. The van der Waals surface area contributed by atoms with Crippen molar-refractivity contribution in [3.63, 3.8) is 0 Å². The number of nitrogens with zero attached hydrogens (tertiary/aromatic N) is 3. The molecule has 0 aliphatic carbocycles. The molecule has 10 nitrogen and oxygen atoms in total. The molecular weight excluding hydrogens is 396 g/mol. The highest BCUT2D eigenvalue weighted by Gasteiger charge is 2.18. The van der Waals surface area contributed by atoms with Crippen LogP contribution in [-0.4, -0.2) is 38.4 Å². The van der Waals surface area contributed by atoms with Crippen LogP contribution >= 0.6 is 11.8 Å². The highest BCUT2D eigenvalue weighted by molar-refractivity contribution is 7.99. The molecule has 3 aromatic rings. The van der Waals surface area contributed by atoms with Crippen LogP contribution in [0.2, 0.25) is 0 Å². The topological polar surface area (TPSA) is 145 Å². The fraction of sp³-hybridized carbons (Fsp3) is 0.167. The van der Waals surface area contributed by atoms with Gasteiger partial charge in [0.05, 0.1) is 12.0 Å². The number of carbonyl (C=O) groups is 3. The summed E-state index contributed by atoms with van der Waals surface area (Å²) < 4.78 is 6.98. The van der Waals surface area contributed by atoms with E-state index in [2.05, 4.69) is 20.8 Å². The Morgan fingerprint density at radius 3 is 2.59 bits per heavy atom. The first-order valence-electron chi connectivity index (χ1n) is 8.57. The molecule has 0 saturated heterocycles. The number of thioether (sulfide) groups is 1. The molecule has 2 heterocycles. The monoisotopic (exact) mass is 414 g/mol. The third-order valence-electron chi connectivity index (χ3n) is 3.66. The third kappa shape index (κ3) is 5.69. The Bertz CT molecular complexity index is 987. The normalized spacial score (nSPS) is 10.5. The molecule has 0 unspecified atom stereocenters. The van der Waals surface area contributed by atoms with E-state index in [1.54, 1.807) is 41.0 Å². The predicted molar refractivity (Wildman–Crippen MR) is 106 cm³/mol. The van der Waals surface area contributed by atoms with E-state index in [9.17, 15) is 14.4 Å². The Kier molecular flexibility index (Phi) is 6.63. The second kappa shape index (κ2) is 9.55. The van der Waals surface area contributed by atoms with Crippen molar-refractivity contribution in [3.05, 3.63) is 48.7 Å². The largest absolute Gasteiger partial charge is 0.461 e. The zero-order valence-corrected chi connectivity index (χ0v) is 16.0. The summed E-state index contributed by atoms with van der Waals surface area (Å²) in [4.78, 5) is 35.1. The summed E-state index contributed by atoms with van der Waals surface area (Å²) in [5.74, 6) is -0.168. The first-order valence-corrected chi connectivity index (χ1v) is 9.55. The Labute approximate surface area is 169 Å². The van der Waals surface area contributed by atoms with Crippen molar-refractivity contribution in [2.75, 3.05) is 11.1 Å². The minimum absolute atomic E-state index is 0.0743. The Balaban J connectivity index is 1.61. The van der Waals surface area contributed by atoms with Gasteiger partial charge in [0.15, 0.2) is 16.7 Å². The van der Waals surface area contributed by atoms with Crippen molar-refractivity contribution in [3.8, 4) is 11.6 Å². The van der Waals surface area contributed by atoms with Gasteiger partial charge in [0.25, 0.3) is 0 Å². The summed E-state index contributed by atoms with van der Waals surface area (Å²) in [5.41, 5.74) is 5.81. The lowest BCUT2D eigenvalue weighted by molar-refractivity contribution is -0.118. The van der Waals surface area contributed by atoms with Crippen molar-refractivity contribution in [1.82, 2.24) is 20.1 Å². The Morgan fingerprint density at radius 2 is 1.90 bits per heavy atom. The van der Waals surface area contributed by atoms with Gasteiger partial charge in [-0.2, -0.15) is 0 Å². The van der Waals surface area contributed by atoms with E-state index in [-0.39, 0.29) is 18.7 Å². The van der Waals surface area contributed by atoms with Gasteiger partial charge >= 0.3 is 6.03 Å². The molecule has 3 rings (SSSR count). The van der Waals surface area contributed by atoms with E-state index in [0.29, 0.717) is 22.4 Å². The van der Waals surface area contributed by atoms with E-state index < -0.39 is 17.8 Å². The van der Waals surface area contributed by atoms with Crippen LogP contribution < -0.4 is 16.4 Å². The van der Waals surface area contributed by atoms with Gasteiger partial charge in [-0.25, -0.2) is 4.79 Å². The van der Waals surface area contributed by atoms with Crippen LogP contribution in [0.3, 0.4) is 0 Å². The lowest BCUT2D eigenvalue weighted by Gasteiger charge is -2.08. The number of amides is 4. The van der Waals surface area contributed by atoms with E-state index in [1.165, 1.54) is 6.26 Å². The SMILES string of the molecule is NC(=O)CCn1c(SCC(=O)NC(=O)Nc2ccccc2)nnc1-c1ccco1. The number of nitrogens with one attached hydrogen (secondary N) is 2. The molecule has 0 fully saturated rings. The maximum Gasteiger partial charge on any atom is 0.325 e. The number of aromatic nitrogens is 3. The van der Waals surface area contributed by atoms with Gasteiger partial charge in [0.1, 0.15) is 0 Å². The number of primary amides is 1. The summed E-state index contributed by atoms with van der Waals surface area (Å²) in [6.45, 7) is 0.233. The van der Waals surface area contributed by atoms with Crippen LogP contribution in [0.5, 0.6) is 0 Å². The van der Waals surface area contributed by atoms with Gasteiger partial charge < -0.3 is 15.5 Å². The molecule has 0 radical (unpaired) electrons. The predicted octanol–water partition coefficient (Wildman–Crippen LogP) is 1.85.